The lowest BCUT2D eigenvalue weighted by Gasteiger charge is -2.32. The molecule has 1 saturated carbocycles. The second-order valence-electron chi connectivity index (χ2n) is 5.42. The van der Waals surface area contributed by atoms with Crippen LogP contribution in [0.5, 0.6) is 0 Å². The second-order valence-corrected chi connectivity index (χ2v) is 5.42. The van der Waals surface area contributed by atoms with Gasteiger partial charge >= 0.3 is 5.97 Å². The number of ether oxygens (including phenoxy) is 1. The average Bonchev–Trinajstić information content (AvgIpc) is 2.45. The molecule has 3 nitrogen and oxygen atoms in total. The molecule has 0 heterocycles. The summed E-state index contributed by atoms with van der Waals surface area (Å²) in [6, 6.07) is 9.90. The largest absolute Gasteiger partial charge is 0.481 e. The Morgan fingerprint density at radius 1 is 1.37 bits per heavy atom. The lowest BCUT2D eigenvalue weighted by Crippen LogP contribution is -2.32. The van der Waals surface area contributed by atoms with Crippen molar-refractivity contribution in [1.29, 1.82) is 0 Å². The van der Waals surface area contributed by atoms with E-state index in [1.54, 1.807) is 7.11 Å². The van der Waals surface area contributed by atoms with Crippen molar-refractivity contribution in [1.82, 2.24) is 0 Å². The van der Waals surface area contributed by atoms with Gasteiger partial charge in [0.2, 0.25) is 0 Å². The highest BCUT2D eigenvalue weighted by Gasteiger charge is 2.32. The summed E-state index contributed by atoms with van der Waals surface area (Å²) in [4.78, 5) is 11.6. The summed E-state index contributed by atoms with van der Waals surface area (Å²) < 4.78 is 5.41. The minimum absolute atomic E-state index is 0.233. The number of carboxylic acid groups (broad SMARTS) is 1. The van der Waals surface area contributed by atoms with E-state index in [9.17, 15) is 9.90 Å². The van der Waals surface area contributed by atoms with Crippen LogP contribution in [-0.2, 0) is 16.0 Å². The second kappa shape index (κ2) is 6.71. The molecule has 1 aromatic carbocycles. The molecule has 0 spiro atoms. The van der Waals surface area contributed by atoms with Crippen molar-refractivity contribution in [2.75, 3.05) is 7.11 Å². The molecule has 1 aromatic rings. The van der Waals surface area contributed by atoms with E-state index in [0.717, 1.165) is 31.2 Å². The number of hydrogen-bond acceptors (Lipinski definition) is 2. The van der Waals surface area contributed by atoms with E-state index in [4.69, 9.17) is 4.74 Å². The van der Waals surface area contributed by atoms with Gasteiger partial charge in [0.05, 0.1) is 12.0 Å². The van der Waals surface area contributed by atoms with Crippen molar-refractivity contribution in [2.24, 2.45) is 11.8 Å². The zero-order valence-electron chi connectivity index (χ0n) is 11.4. The highest BCUT2D eigenvalue weighted by molar-refractivity contribution is 5.70. The van der Waals surface area contributed by atoms with Gasteiger partial charge < -0.3 is 9.84 Å². The van der Waals surface area contributed by atoms with Crippen LogP contribution in [0.25, 0.3) is 0 Å². The molecule has 1 fully saturated rings. The fraction of sp³-hybridized carbons (Fsp3) is 0.562. The van der Waals surface area contributed by atoms with E-state index in [1.807, 2.05) is 30.3 Å². The molecule has 0 bridgehead atoms. The summed E-state index contributed by atoms with van der Waals surface area (Å²) in [6.45, 7) is 0. The van der Waals surface area contributed by atoms with Crippen LogP contribution in [0.2, 0.25) is 0 Å². The molecule has 104 valence electrons. The van der Waals surface area contributed by atoms with Crippen molar-refractivity contribution < 1.29 is 14.6 Å². The fourth-order valence-electron chi connectivity index (χ4n) is 3.08. The van der Waals surface area contributed by atoms with Gasteiger partial charge in [-0.25, -0.2) is 0 Å². The van der Waals surface area contributed by atoms with Crippen LogP contribution in [0.15, 0.2) is 30.3 Å². The lowest BCUT2D eigenvalue weighted by molar-refractivity contribution is -0.144. The Balaban J connectivity index is 2.05. The highest BCUT2D eigenvalue weighted by Crippen LogP contribution is 2.33. The standard InChI is InChI=1S/C16H22O3/c1-19-14-9-5-8-13(11-14)15(16(17)18)10-12-6-3-2-4-7-12/h2-4,6-7,13-15H,5,8-11H2,1H3,(H,17,18). The minimum Gasteiger partial charge on any atom is -0.481 e. The molecular weight excluding hydrogens is 240 g/mol. The number of aliphatic carboxylic acids is 1. The minimum atomic E-state index is -0.675. The third kappa shape index (κ3) is 3.80. The third-order valence-electron chi connectivity index (χ3n) is 4.18. The monoisotopic (exact) mass is 262 g/mol. The number of benzene rings is 1. The quantitative estimate of drug-likeness (QED) is 0.886. The molecule has 1 aliphatic carbocycles. The molecule has 1 aliphatic rings. The molecule has 3 heteroatoms. The van der Waals surface area contributed by atoms with Crippen LogP contribution >= 0.6 is 0 Å². The molecule has 3 atom stereocenters. The molecule has 0 radical (unpaired) electrons. The summed E-state index contributed by atoms with van der Waals surface area (Å²) in [6.07, 6.45) is 4.87. The Labute approximate surface area is 114 Å². The van der Waals surface area contributed by atoms with Gasteiger partial charge in [0.15, 0.2) is 0 Å². The van der Waals surface area contributed by atoms with Crippen LogP contribution in [0.3, 0.4) is 0 Å². The number of carboxylic acids is 1. The maximum atomic E-state index is 11.6. The first-order valence-electron chi connectivity index (χ1n) is 7.00. The summed E-state index contributed by atoms with van der Waals surface area (Å²) in [5.74, 6) is -0.734. The Morgan fingerprint density at radius 2 is 2.11 bits per heavy atom. The van der Waals surface area contributed by atoms with E-state index in [-0.39, 0.29) is 17.9 Å². The van der Waals surface area contributed by atoms with Gasteiger partial charge in [0, 0.05) is 7.11 Å². The van der Waals surface area contributed by atoms with Gasteiger partial charge in [-0.15, -0.1) is 0 Å². The first kappa shape index (κ1) is 14.1. The third-order valence-corrected chi connectivity index (χ3v) is 4.18. The van der Waals surface area contributed by atoms with E-state index in [0.29, 0.717) is 6.42 Å². The fourth-order valence-corrected chi connectivity index (χ4v) is 3.08. The van der Waals surface area contributed by atoms with Crippen LogP contribution < -0.4 is 0 Å². The molecule has 19 heavy (non-hydrogen) atoms. The topological polar surface area (TPSA) is 46.5 Å². The molecule has 0 saturated heterocycles. The molecule has 0 aromatic heterocycles. The molecule has 0 aliphatic heterocycles. The summed E-state index contributed by atoms with van der Waals surface area (Å²) in [5, 5.41) is 9.50. The zero-order chi connectivity index (χ0) is 13.7. The van der Waals surface area contributed by atoms with Crippen molar-refractivity contribution in [3.63, 3.8) is 0 Å². The number of hydrogen-bond donors (Lipinski definition) is 1. The molecule has 2 rings (SSSR count). The van der Waals surface area contributed by atoms with Crippen molar-refractivity contribution in [3.8, 4) is 0 Å². The van der Waals surface area contributed by atoms with Gasteiger partial charge in [0.1, 0.15) is 0 Å². The zero-order valence-corrected chi connectivity index (χ0v) is 11.4. The maximum absolute atomic E-state index is 11.6. The Hall–Kier alpha value is -1.35. The van der Waals surface area contributed by atoms with E-state index < -0.39 is 5.97 Å². The van der Waals surface area contributed by atoms with E-state index in [2.05, 4.69) is 0 Å². The Morgan fingerprint density at radius 3 is 2.74 bits per heavy atom. The van der Waals surface area contributed by atoms with Crippen molar-refractivity contribution >= 4 is 5.97 Å². The Kier molecular flexibility index (Phi) is 4.97. The van der Waals surface area contributed by atoms with Crippen LogP contribution in [-0.4, -0.2) is 24.3 Å². The first-order valence-corrected chi connectivity index (χ1v) is 7.00. The van der Waals surface area contributed by atoms with Crippen LogP contribution in [0.4, 0.5) is 0 Å². The summed E-state index contributed by atoms with van der Waals surface area (Å²) in [7, 11) is 1.72. The van der Waals surface area contributed by atoms with Crippen LogP contribution in [0.1, 0.15) is 31.2 Å². The Bertz CT molecular complexity index is 402. The maximum Gasteiger partial charge on any atom is 0.307 e. The first-order chi connectivity index (χ1) is 9.20. The van der Waals surface area contributed by atoms with E-state index >= 15 is 0 Å². The average molecular weight is 262 g/mol. The van der Waals surface area contributed by atoms with Gasteiger partial charge in [-0.1, -0.05) is 36.8 Å². The number of methoxy groups -OCH3 is 1. The van der Waals surface area contributed by atoms with Gasteiger partial charge in [-0.2, -0.15) is 0 Å². The highest BCUT2D eigenvalue weighted by atomic mass is 16.5. The molecule has 3 unspecified atom stereocenters. The molecular formula is C16H22O3. The number of rotatable bonds is 5. The predicted octanol–water partition coefficient (Wildman–Crippen LogP) is 3.14. The predicted molar refractivity (Wildman–Crippen MR) is 74.0 cm³/mol. The SMILES string of the molecule is COC1CCCC(C(Cc2ccccc2)C(=O)O)C1. The molecule has 1 N–H and O–H groups in total. The van der Waals surface area contributed by atoms with Gasteiger partial charge in [0.25, 0.3) is 0 Å². The van der Waals surface area contributed by atoms with E-state index in [1.165, 1.54) is 0 Å². The van der Waals surface area contributed by atoms with Gasteiger partial charge in [-0.3, -0.25) is 4.79 Å². The molecule has 0 amide bonds. The van der Waals surface area contributed by atoms with Crippen molar-refractivity contribution in [2.45, 2.75) is 38.2 Å². The number of carbonyl (C=O) groups is 1. The lowest BCUT2D eigenvalue weighted by atomic mass is 9.76. The smallest absolute Gasteiger partial charge is 0.307 e. The van der Waals surface area contributed by atoms with Crippen molar-refractivity contribution in [3.05, 3.63) is 35.9 Å². The summed E-state index contributed by atoms with van der Waals surface area (Å²) >= 11 is 0. The normalized spacial score (nSPS) is 24.9. The summed E-state index contributed by atoms with van der Waals surface area (Å²) in [5.41, 5.74) is 1.11. The van der Waals surface area contributed by atoms with Gasteiger partial charge in [-0.05, 0) is 37.2 Å². The van der Waals surface area contributed by atoms with Crippen LogP contribution in [0, 0.1) is 11.8 Å².